The van der Waals surface area contributed by atoms with E-state index < -0.39 is 0 Å². The molecule has 0 spiro atoms. The highest BCUT2D eigenvalue weighted by molar-refractivity contribution is 5.85. The molecule has 2 N–H and O–H groups in total. The fourth-order valence-electron chi connectivity index (χ4n) is 4.37. The van der Waals surface area contributed by atoms with E-state index >= 15 is 0 Å². The number of rotatable bonds is 4. The Morgan fingerprint density at radius 3 is 2.73 bits per heavy atom. The van der Waals surface area contributed by atoms with Gasteiger partial charge in [0, 0.05) is 29.6 Å². The lowest BCUT2D eigenvalue weighted by Gasteiger charge is -2.31. The van der Waals surface area contributed by atoms with Crippen LogP contribution in [0.25, 0.3) is 21.8 Å². The van der Waals surface area contributed by atoms with E-state index in [0.717, 1.165) is 61.1 Å². The summed E-state index contributed by atoms with van der Waals surface area (Å²) in [6, 6.07) is 12.4. The van der Waals surface area contributed by atoms with E-state index in [9.17, 15) is 9.18 Å². The molecule has 0 saturated carbocycles. The van der Waals surface area contributed by atoms with Gasteiger partial charge in [0.15, 0.2) is 0 Å². The lowest BCUT2D eigenvalue weighted by Crippen LogP contribution is -2.35. The summed E-state index contributed by atoms with van der Waals surface area (Å²) >= 11 is 0. The maximum absolute atomic E-state index is 13.4. The number of aromatic nitrogens is 3. The van der Waals surface area contributed by atoms with Crippen molar-refractivity contribution >= 4 is 34.2 Å². The van der Waals surface area contributed by atoms with Crippen LogP contribution < -0.4 is 5.56 Å². The van der Waals surface area contributed by atoms with E-state index in [1.807, 2.05) is 36.5 Å². The van der Waals surface area contributed by atoms with E-state index in [0.29, 0.717) is 11.3 Å². The average molecular weight is 427 g/mol. The van der Waals surface area contributed by atoms with Crippen molar-refractivity contribution in [3.63, 3.8) is 0 Å². The van der Waals surface area contributed by atoms with Crippen molar-refractivity contribution < 1.29 is 4.39 Å². The maximum atomic E-state index is 13.4. The van der Waals surface area contributed by atoms with Crippen molar-refractivity contribution in [3.8, 4) is 0 Å². The minimum atomic E-state index is -0.215. The fourth-order valence-corrected chi connectivity index (χ4v) is 4.37. The summed E-state index contributed by atoms with van der Waals surface area (Å²) in [6.07, 6.45) is 4.89. The monoisotopic (exact) mass is 426 g/mol. The first-order chi connectivity index (χ1) is 14.2. The summed E-state index contributed by atoms with van der Waals surface area (Å²) in [5.41, 5.74) is 2.79. The minimum absolute atomic E-state index is 0. The number of hydrogen-bond acceptors (Lipinski definition) is 3. The number of likely N-dealkylation sites (tertiary alicyclic amines) is 1. The van der Waals surface area contributed by atoms with Crippen LogP contribution in [-0.2, 0) is 6.42 Å². The molecule has 0 radical (unpaired) electrons. The Morgan fingerprint density at radius 2 is 1.90 bits per heavy atom. The van der Waals surface area contributed by atoms with Gasteiger partial charge in [0.2, 0.25) is 0 Å². The quantitative estimate of drug-likeness (QED) is 0.508. The molecule has 1 aliphatic heterocycles. The third-order valence-electron chi connectivity index (χ3n) is 6.03. The normalized spacial score (nSPS) is 15.5. The number of halogens is 2. The second-order valence-electron chi connectivity index (χ2n) is 7.84. The Morgan fingerprint density at radius 1 is 1.10 bits per heavy atom. The molecule has 2 aromatic carbocycles. The van der Waals surface area contributed by atoms with Gasteiger partial charge in [0.1, 0.15) is 11.6 Å². The van der Waals surface area contributed by atoms with Gasteiger partial charge in [-0.1, -0.05) is 12.1 Å². The van der Waals surface area contributed by atoms with E-state index in [-0.39, 0.29) is 23.8 Å². The molecule has 30 heavy (non-hydrogen) atoms. The molecule has 156 valence electrons. The number of nitrogens with zero attached hydrogens (tertiary/aromatic N) is 2. The van der Waals surface area contributed by atoms with Crippen LogP contribution in [-0.4, -0.2) is 39.5 Å². The average Bonchev–Trinajstić information content (AvgIpc) is 3.14. The smallest absolute Gasteiger partial charge is 0.258 e. The molecule has 7 heteroatoms. The molecule has 1 saturated heterocycles. The van der Waals surface area contributed by atoms with Gasteiger partial charge in [-0.3, -0.25) is 4.79 Å². The second-order valence-corrected chi connectivity index (χ2v) is 7.84. The molecule has 1 aliphatic rings. The zero-order valence-electron chi connectivity index (χ0n) is 16.5. The van der Waals surface area contributed by atoms with Crippen molar-refractivity contribution in [2.75, 3.05) is 19.6 Å². The first-order valence-corrected chi connectivity index (χ1v) is 10.1. The molecule has 4 aromatic rings. The highest BCUT2D eigenvalue weighted by atomic mass is 35.5. The van der Waals surface area contributed by atoms with Gasteiger partial charge in [-0.2, -0.15) is 0 Å². The van der Waals surface area contributed by atoms with E-state index in [4.69, 9.17) is 4.98 Å². The van der Waals surface area contributed by atoms with Crippen LogP contribution >= 0.6 is 12.4 Å². The van der Waals surface area contributed by atoms with Crippen molar-refractivity contribution in [2.45, 2.75) is 25.2 Å². The van der Waals surface area contributed by atoms with Crippen LogP contribution in [0.15, 0.2) is 53.5 Å². The molecule has 3 heterocycles. The zero-order chi connectivity index (χ0) is 19.8. The van der Waals surface area contributed by atoms with Gasteiger partial charge in [-0.05, 0) is 68.2 Å². The summed E-state index contributed by atoms with van der Waals surface area (Å²) < 4.78 is 13.4. The van der Waals surface area contributed by atoms with Crippen molar-refractivity contribution in [1.29, 1.82) is 0 Å². The first kappa shape index (κ1) is 20.6. The Hall–Kier alpha value is -2.70. The molecule has 0 unspecified atom stereocenters. The zero-order valence-corrected chi connectivity index (χ0v) is 17.3. The molecule has 5 nitrogen and oxygen atoms in total. The van der Waals surface area contributed by atoms with Gasteiger partial charge >= 0.3 is 0 Å². The molecule has 1 fully saturated rings. The Kier molecular flexibility index (Phi) is 5.88. The van der Waals surface area contributed by atoms with E-state index in [1.165, 1.54) is 11.6 Å². The predicted molar refractivity (Wildman–Crippen MR) is 120 cm³/mol. The molecular formula is C23H24ClFN4O. The number of hydrogen-bond donors (Lipinski definition) is 2. The van der Waals surface area contributed by atoms with Gasteiger partial charge in [-0.15, -0.1) is 12.4 Å². The largest absolute Gasteiger partial charge is 0.361 e. The van der Waals surface area contributed by atoms with Gasteiger partial charge in [0.25, 0.3) is 5.56 Å². The number of fused-ring (bicyclic) bond motifs is 2. The molecule has 2 aromatic heterocycles. The third kappa shape index (κ3) is 3.98. The minimum Gasteiger partial charge on any atom is -0.361 e. The summed E-state index contributed by atoms with van der Waals surface area (Å²) in [7, 11) is 0. The van der Waals surface area contributed by atoms with Gasteiger partial charge in [0.05, 0.1) is 10.9 Å². The van der Waals surface area contributed by atoms with Crippen molar-refractivity contribution in [2.24, 2.45) is 0 Å². The van der Waals surface area contributed by atoms with Crippen molar-refractivity contribution in [1.82, 2.24) is 19.9 Å². The highest BCUT2D eigenvalue weighted by Crippen LogP contribution is 2.26. The van der Waals surface area contributed by atoms with Crippen molar-refractivity contribution in [3.05, 3.63) is 76.2 Å². The Balaban J connectivity index is 0.00000218. The Bertz CT molecular complexity index is 1230. The summed E-state index contributed by atoms with van der Waals surface area (Å²) in [6.45, 7) is 2.94. The lowest BCUT2D eigenvalue weighted by molar-refractivity contribution is 0.211. The van der Waals surface area contributed by atoms with Crippen LogP contribution in [0, 0.1) is 5.82 Å². The lowest BCUT2D eigenvalue weighted by atomic mass is 9.95. The molecule has 0 aliphatic carbocycles. The second kappa shape index (κ2) is 8.58. The SMILES string of the molecule is Cl.O=c1[nH]c(C2CCN(CCc3c[nH]c4cc(F)ccc34)CC2)nc2ccccc12. The van der Waals surface area contributed by atoms with Crippen LogP contribution in [0.1, 0.15) is 30.1 Å². The molecular weight excluding hydrogens is 403 g/mol. The van der Waals surface area contributed by atoms with Gasteiger partial charge < -0.3 is 14.9 Å². The van der Waals surface area contributed by atoms with E-state index in [1.54, 1.807) is 6.07 Å². The first-order valence-electron chi connectivity index (χ1n) is 10.1. The molecule has 0 amide bonds. The number of nitrogens with one attached hydrogen (secondary N) is 2. The number of aromatic amines is 2. The summed E-state index contributed by atoms with van der Waals surface area (Å²) in [4.78, 5) is 25.7. The topological polar surface area (TPSA) is 64.8 Å². The Labute approximate surface area is 179 Å². The third-order valence-corrected chi connectivity index (χ3v) is 6.03. The maximum Gasteiger partial charge on any atom is 0.258 e. The van der Waals surface area contributed by atoms with Crippen LogP contribution in [0.4, 0.5) is 4.39 Å². The number of benzene rings is 2. The van der Waals surface area contributed by atoms with Crippen LogP contribution in [0.3, 0.4) is 0 Å². The molecule has 5 rings (SSSR count). The van der Waals surface area contributed by atoms with Crippen LogP contribution in [0.2, 0.25) is 0 Å². The number of piperidine rings is 1. The van der Waals surface area contributed by atoms with E-state index in [2.05, 4.69) is 14.9 Å². The highest BCUT2D eigenvalue weighted by Gasteiger charge is 2.23. The predicted octanol–water partition coefficient (Wildman–Crippen LogP) is 4.39. The number of H-pyrrole nitrogens is 2. The molecule has 0 bridgehead atoms. The fraction of sp³-hybridized carbons (Fsp3) is 0.304. The molecule has 0 atom stereocenters. The van der Waals surface area contributed by atoms with Crippen LogP contribution in [0.5, 0.6) is 0 Å². The summed E-state index contributed by atoms with van der Waals surface area (Å²) in [5.74, 6) is 0.889. The number of para-hydroxylation sites is 1. The standard InChI is InChI=1S/C23H23FN4O.ClH/c24-17-5-6-18-16(14-25-21(18)13-17)9-12-28-10-7-15(8-11-28)22-26-20-4-2-1-3-19(20)23(29)27-22;/h1-6,13-15,25H,7-12H2,(H,26,27,29);1H. The van der Waals surface area contributed by atoms with Gasteiger partial charge in [-0.25, -0.2) is 9.37 Å². The summed E-state index contributed by atoms with van der Waals surface area (Å²) in [5, 5.41) is 1.74.